The molecule has 1 saturated heterocycles. The lowest BCUT2D eigenvalue weighted by Crippen LogP contribution is -2.49. The molecule has 1 amide bonds. The number of carbonyl (C=O) groups is 1. The normalized spacial score (nSPS) is 24.7. The van der Waals surface area contributed by atoms with Crippen LogP contribution in [-0.4, -0.2) is 38.4 Å². The van der Waals surface area contributed by atoms with E-state index >= 15 is 0 Å². The number of likely N-dealkylation sites (tertiary alicyclic amines) is 1. The molecule has 5 heteroatoms. The van der Waals surface area contributed by atoms with E-state index in [0.29, 0.717) is 12.0 Å². The molecule has 2 atom stereocenters. The first-order valence-corrected chi connectivity index (χ1v) is 8.92. The summed E-state index contributed by atoms with van der Waals surface area (Å²) >= 11 is 0. The van der Waals surface area contributed by atoms with Crippen molar-refractivity contribution in [2.75, 3.05) is 6.54 Å². The van der Waals surface area contributed by atoms with Crippen LogP contribution < -0.4 is 0 Å². The van der Waals surface area contributed by atoms with Gasteiger partial charge in [-0.2, -0.15) is 0 Å². The van der Waals surface area contributed by atoms with Crippen molar-refractivity contribution in [1.82, 2.24) is 19.9 Å². The van der Waals surface area contributed by atoms with Gasteiger partial charge in [0.05, 0.1) is 5.52 Å². The first-order chi connectivity index (χ1) is 11.3. The highest BCUT2D eigenvalue weighted by molar-refractivity contribution is 5.97. The predicted octanol–water partition coefficient (Wildman–Crippen LogP) is 3.25. The third kappa shape index (κ3) is 2.52. The van der Waals surface area contributed by atoms with E-state index in [1.165, 1.54) is 32.1 Å². The van der Waals surface area contributed by atoms with Crippen molar-refractivity contribution in [2.24, 2.45) is 5.92 Å². The zero-order chi connectivity index (χ0) is 15.8. The molecule has 0 N–H and O–H groups in total. The van der Waals surface area contributed by atoms with Crippen LogP contribution in [0.4, 0.5) is 0 Å². The Balaban J connectivity index is 1.62. The monoisotopic (exact) mass is 312 g/mol. The molecule has 0 spiro atoms. The molecule has 1 aromatic heterocycles. The molecule has 2 unspecified atom stereocenters. The van der Waals surface area contributed by atoms with Crippen LogP contribution in [0.15, 0.2) is 18.2 Å². The smallest absolute Gasteiger partial charge is 0.254 e. The number of hydrogen-bond acceptors (Lipinski definition) is 3. The number of carbonyl (C=O) groups excluding carboxylic acids is 1. The summed E-state index contributed by atoms with van der Waals surface area (Å²) in [5, 5.41) is 8.34. The minimum atomic E-state index is 0.176. The van der Waals surface area contributed by atoms with Crippen LogP contribution >= 0.6 is 0 Å². The summed E-state index contributed by atoms with van der Waals surface area (Å²) < 4.78 is 1.86. The highest BCUT2D eigenvalue weighted by Crippen LogP contribution is 2.36. The van der Waals surface area contributed by atoms with Gasteiger partial charge in [-0.05, 0) is 56.7 Å². The number of fused-ring (bicyclic) bond motifs is 2. The lowest BCUT2D eigenvalue weighted by molar-refractivity contribution is 0.0391. The third-order valence-electron chi connectivity index (χ3n) is 5.56. The Bertz CT molecular complexity index is 721. The van der Waals surface area contributed by atoms with E-state index in [2.05, 4.69) is 15.2 Å². The summed E-state index contributed by atoms with van der Waals surface area (Å²) in [6, 6.07) is 6.27. The van der Waals surface area contributed by atoms with Crippen LogP contribution in [0.25, 0.3) is 11.0 Å². The molecule has 2 fully saturated rings. The Morgan fingerprint density at radius 3 is 2.91 bits per heavy atom. The van der Waals surface area contributed by atoms with Crippen LogP contribution in [-0.2, 0) is 6.54 Å². The zero-order valence-electron chi connectivity index (χ0n) is 13.7. The second-order valence-corrected chi connectivity index (χ2v) is 6.86. The van der Waals surface area contributed by atoms with E-state index in [9.17, 15) is 4.79 Å². The second-order valence-electron chi connectivity index (χ2n) is 6.86. The van der Waals surface area contributed by atoms with Gasteiger partial charge in [0.2, 0.25) is 0 Å². The lowest BCUT2D eigenvalue weighted by atomic mass is 9.78. The first-order valence-electron chi connectivity index (χ1n) is 8.92. The maximum atomic E-state index is 13.0. The van der Waals surface area contributed by atoms with Crippen LogP contribution in [0.1, 0.15) is 55.8 Å². The molecule has 0 bridgehead atoms. The topological polar surface area (TPSA) is 51.0 Å². The fourth-order valence-corrected chi connectivity index (χ4v) is 4.38. The van der Waals surface area contributed by atoms with Crippen molar-refractivity contribution in [3.63, 3.8) is 0 Å². The number of piperidine rings is 1. The second kappa shape index (κ2) is 5.95. The molecule has 1 aliphatic carbocycles. The van der Waals surface area contributed by atoms with Crippen LogP contribution in [0.3, 0.4) is 0 Å². The van der Waals surface area contributed by atoms with E-state index < -0.39 is 0 Å². The fourth-order valence-electron chi connectivity index (χ4n) is 4.38. The van der Waals surface area contributed by atoms with Crippen molar-refractivity contribution in [3.8, 4) is 0 Å². The average Bonchev–Trinajstić information content (AvgIpc) is 3.03. The zero-order valence-corrected chi connectivity index (χ0v) is 13.7. The molecule has 0 radical (unpaired) electrons. The predicted molar refractivity (Wildman–Crippen MR) is 89.2 cm³/mol. The molecule has 2 aliphatic rings. The molecular weight excluding hydrogens is 288 g/mol. The van der Waals surface area contributed by atoms with Gasteiger partial charge in [0.15, 0.2) is 0 Å². The van der Waals surface area contributed by atoms with Gasteiger partial charge >= 0.3 is 0 Å². The Morgan fingerprint density at radius 2 is 2.04 bits per heavy atom. The van der Waals surface area contributed by atoms with Gasteiger partial charge in [-0.3, -0.25) is 4.79 Å². The van der Waals surface area contributed by atoms with Crippen LogP contribution in [0.2, 0.25) is 0 Å². The van der Waals surface area contributed by atoms with Gasteiger partial charge in [0, 0.05) is 24.7 Å². The van der Waals surface area contributed by atoms with E-state index in [1.54, 1.807) is 0 Å². The van der Waals surface area contributed by atoms with E-state index in [4.69, 9.17) is 0 Å². The highest BCUT2D eigenvalue weighted by Gasteiger charge is 2.36. The largest absolute Gasteiger partial charge is 0.335 e. The number of hydrogen-bond donors (Lipinski definition) is 0. The fraction of sp³-hybridized carbons (Fsp3) is 0.611. The maximum absolute atomic E-state index is 13.0. The van der Waals surface area contributed by atoms with Gasteiger partial charge in [0.1, 0.15) is 5.52 Å². The Kier molecular flexibility index (Phi) is 3.79. The van der Waals surface area contributed by atoms with Gasteiger partial charge in [-0.1, -0.05) is 18.1 Å². The average molecular weight is 312 g/mol. The van der Waals surface area contributed by atoms with Gasteiger partial charge in [-0.25, -0.2) is 4.68 Å². The van der Waals surface area contributed by atoms with Crippen molar-refractivity contribution in [3.05, 3.63) is 23.8 Å². The summed E-state index contributed by atoms with van der Waals surface area (Å²) in [7, 11) is 0. The molecule has 2 aromatic rings. The van der Waals surface area contributed by atoms with E-state index in [0.717, 1.165) is 36.1 Å². The molecule has 1 aliphatic heterocycles. The summed E-state index contributed by atoms with van der Waals surface area (Å²) in [6.45, 7) is 3.74. The SMILES string of the molecule is CCn1nnc2cc(C(=O)N3CCCC4CCCCC43)ccc21. The van der Waals surface area contributed by atoms with Crippen LogP contribution in [0, 0.1) is 5.92 Å². The lowest BCUT2D eigenvalue weighted by Gasteiger charge is -2.44. The summed E-state index contributed by atoms with van der Waals surface area (Å²) in [5.41, 5.74) is 2.57. The summed E-state index contributed by atoms with van der Waals surface area (Å²) in [4.78, 5) is 15.2. The Labute approximate surface area is 136 Å². The molecule has 122 valence electrons. The number of amides is 1. The molecule has 5 nitrogen and oxygen atoms in total. The van der Waals surface area contributed by atoms with Gasteiger partial charge in [-0.15, -0.1) is 5.10 Å². The molecule has 1 saturated carbocycles. The van der Waals surface area contributed by atoms with Crippen molar-refractivity contribution < 1.29 is 4.79 Å². The quantitative estimate of drug-likeness (QED) is 0.855. The maximum Gasteiger partial charge on any atom is 0.254 e. The molecule has 1 aromatic carbocycles. The molecular formula is C18H24N4O. The molecule has 2 heterocycles. The van der Waals surface area contributed by atoms with Gasteiger partial charge in [0.25, 0.3) is 5.91 Å². The van der Waals surface area contributed by atoms with Crippen molar-refractivity contribution in [1.29, 1.82) is 0 Å². The van der Waals surface area contributed by atoms with Crippen molar-refractivity contribution in [2.45, 2.75) is 58.0 Å². The Hall–Kier alpha value is -1.91. The summed E-state index contributed by atoms with van der Waals surface area (Å²) in [5.74, 6) is 0.890. The number of aryl methyl sites for hydroxylation is 1. The van der Waals surface area contributed by atoms with E-state index in [1.807, 2.05) is 29.8 Å². The number of rotatable bonds is 2. The van der Waals surface area contributed by atoms with E-state index in [-0.39, 0.29) is 5.91 Å². The standard InChI is InChI=1S/C18H24N4O/c1-2-22-17-10-9-14(12-15(17)19-20-22)18(23)21-11-5-7-13-6-3-4-8-16(13)21/h9-10,12-13,16H,2-8,11H2,1H3. The minimum absolute atomic E-state index is 0.176. The number of benzene rings is 1. The first kappa shape index (κ1) is 14.7. The number of nitrogens with zero attached hydrogens (tertiary/aromatic N) is 4. The third-order valence-corrected chi connectivity index (χ3v) is 5.56. The van der Waals surface area contributed by atoms with Crippen molar-refractivity contribution >= 4 is 16.9 Å². The minimum Gasteiger partial charge on any atom is -0.335 e. The Morgan fingerprint density at radius 1 is 1.22 bits per heavy atom. The summed E-state index contributed by atoms with van der Waals surface area (Å²) in [6.07, 6.45) is 7.48. The van der Waals surface area contributed by atoms with Gasteiger partial charge < -0.3 is 4.90 Å². The number of aromatic nitrogens is 3. The molecule has 23 heavy (non-hydrogen) atoms. The molecule has 4 rings (SSSR count). The highest BCUT2D eigenvalue weighted by atomic mass is 16.2. The van der Waals surface area contributed by atoms with Crippen LogP contribution in [0.5, 0.6) is 0 Å².